The number of aliphatic hydroxyl groups excluding tert-OH is 1. The molecular formula is C26H31F2N4O8P. The molecule has 2 atom stereocenters. The minimum Gasteiger partial charge on any atom is -0.447 e. The van der Waals surface area contributed by atoms with Gasteiger partial charge >= 0.3 is 19.9 Å². The Morgan fingerprint density at radius 1 is 1.07 bits per heavy atom. The number of phosphoric acid groups is 1. The number of carbonyl (C=O) groups is 2. The van der Waals surface area contributed by atoms with Crippen molar-refractivity contribution in [2.24, 2.45) is 0 Å². The van der Waals surface area contributed by atoms with Gasteiger partial charge in [-0.15, -0.1) is 0 Å². The van der Waals surface area contributed by atoms with Crippen LogP contribution in [0.2, 0.25) is 0 Å². The van der Waals surface area contributed by atoms with Crippen molar-refractivity contribution in [3.05, 3.63) is 71.9 Å². The number of nitrogens with one attached hydrogen (secondary N) is 2. The summed E-state index contributed by atoms with van der Waals surface area (Å²) in [5, 5.41) is 17.2. The Balaban J connectivity index is 1.65. The van der Waals surface area contributed by atoms with Crippen LogP contribution in [-0.4, -0.2) is 73.7 Å². The molecule has 0 aliphatic heterocycles. The molecule has 222 valence electrons. The molecule has 3 amide bonds. The fourth-order valence-electron chi connectivity index (χ4n) is 3.69. The number of phosphoric ester groups is 1. The summed E-state index contributed by atoms with van der Waals surface area (Å²) in [7, 11) is -0.312. The van der Waals surface area contributed by atoms with Crippen molar-refractivity contribution >= 4 is 36.5 Å². The van der Waals surface area contributed by atoms with E-state index in [2.05, 4.69) is 24.7 Å². The van der Waals surface area contributed by atoms with E-state index >= 15 is 0 Å². The number of ether oxygens (including phenoxy) is 1. The number of carbonyl (C=O) groups excluding carboxylic acids is 2. The van der Waals surface area contributed by atoms with Gasteiger partial charge in [-0.2, -0.15) is 0 Å². The van der Waals surface area contributed by atoms with Crippen molar-refractivity contribution in [2.45, 2.75) is 25.1 Å². The highest BCUT2D eigenvalue weighted by Gasteiger charge is 2.28. The smallest absolute Gasteiger partial charge is 0.447 e. The van der Waals surface area contributed by atoms with Crippen molar-refractivity contribution in [3.8, 4) is 0 Å². The first-order chi connectivity index (χ1) is 19.5. The van der Waals surface area contributed by atoms with E-state index in [0.29, 0.717) is 0 Å². The predicted octanol–water partition coefficient (Wildman–Crippen LogP) is 4.44. The number of nitrogens with zero attached hydrogens (tertiary/aromatic N) is 2. The Morgan fingerprint density at radius 2 is 1.78 bits per heavy atom. The highest BCUT2D eigenvalue weighted by molar-refractivity contribution is 7.48. The average Bonchev–Trinajstić information content (AvgIpc) is 2.98. The zero-order chi connectivity index (χ0) is 30.0. The number of likely N-dealkylation sites (N-methyl/N-ethyl adjacent to an activating group) is 1. The van der Waals surface area contributed by atoms with Crippen LogP contribution in [0.4, 0.5) is 24.2 Å². The van der Waals surface area contributed by atoms with E-state index in [0.717, 1.165) is 36.0 Å². The molecule has 41 heavy (non-hydrogen) atoms. The second kappa shape index (κ2) is 14.8. The lowest BCUT2D eigenvalue weighted by Crippen LogP contribution is -2.47. The number of amides is 3. The summed E-state index contributed by atoms with van der Waals surface area (Å²) >= 11 is 0. The van der Waals surface area contributed by atoms with Gasteiger partial charge in [0.15, 0.2) is 11.6 Å². The minimum atomic E-state index is -3.88. The third-order valence-electron chi connectivity index (χ3n) is 6.01. The van der Waals surface area contributed by atoms with Gasteiger partial charge in [0.05, 0.1) is 18.8 Å². The molecule has 15 heteroatoms. The molecule has 3 N–H and O–H groups in total. The van der Waals surface area contributed by atoms with Gasteiger partial charge in [0.25, 0.3) is 0 Å². The minimum absolute atomic E-state index is 0.0786. The predicted molar refractivity (Wildman–Crippen MR) is 145 cm³/mol. The first-order valence-electron chi connectivity index (χ1n) is 12.3. The van der Waals surface area contributed by atoms with Crippen LogP contribution in [0.5, 0.6) is 0 Å². The molecule has 3 aromatic rings. The Morgan fingerprint density at radius 3 is 2.49 bits per heavy atom. The quantitative estimate of drug-likeness (QED) is 0.244. The molecule has 0 radical (unpaired) electrons. The average molecular weight is 597 g/mol. The Labute approximate surface area is 235 Å². The van der Waals surface area contributed by atoms with Crippen LogP contribution in [-0.2, 0) is 29.4 Å². The number of benzene rings is 2. The summed E-state index contributed by atoms with van der Waals surface area (Å²) in [4.78, 5) is 30.6. The summed E-state index contributed by atoms with van der Waals surface area (Å²) in [6, 6.07) is 11.0. The van der Waals surface area contributed by atoms with Crippen molar-refractivity contribution in [1.82, 2.24) is 15.2 Å². The van der Waals surface area contributed by atoms with E-state index in [-0.39, 0.29) is 31.0 Å². The Kier molecular flexibility index (Phi) is 11.5. The molecule has 0 fully saturated rings. The maximum atomic E-state index is 14.0. The molecule has 0 aliphatic rings. The van der Waals surface area contributed by atoms with Crippen LogP contribution in [0.25, 0.3) is 10.8 Å². The summed E-state index contributed by atoms with van der Waals surface area (Å²) in [5.41, 5.74) is -0.0786. The number of hydrogen-bond donors (Lipinski definition) is 3. The topological polar surface area (TPSA) is 149 Å². The van der Waals surface area contributed by atoms with Gasteiger partial charge in [-0.3, -0.25) is 18.9 Å². The molecule has 0 saturated heterocycles. The monoisotopic (exact) mass is 596 g/mol. The fraction of sp³-hybridized carbons (Fsp3) is 0.346. The van der Waals surface area contributed by atoms with Crippen molar-refractivity contribution in [2.75, 3.05) is 39.8 Å². The standard InChI is InChI=1S/C26H31F2N4O8P/c1-32(25(34)30-14-19-9-6-10-22(27)24(19)28)20(12-21(33)16-40-41(36,37-2)38-3)15-39-26(35)31-23-11-17-7-4-5-8-18(17)13-29-23/h4-11,13,20-21,33H,12,14-16H2,1-3H3,(H,30,34)(H,29,31,35)/t20-,21+/m1/s1. The molecule has 1 aromatic heterocycles. The lowest BCUT2D eigenvalue weighted by molar-refractivity contribution is 0.0403. The highest BCUT2D eigenvalue weighted by atomic mass is 31.2. The summed E-state index contributed by atoms with van der Waals surface area (Å²) in [5.74, 6) is -1.92. The van der Waals surface area contributed by atoms with E-state index in [1.807, 2.05) is 24.3 Å². The molecule has 0 spiro atoms. The van der Waals surface area contributed by atoms with Crippen molar-refractivity contribution in [1.29, 1.82) is 0 Å². The molecular weight excluding hydrogens is 565 g/mol. The third-order valence-corrected chi connectivity index (χ3v) is 7.37. The van der Waals surface area contributed by atoms with Gasteiger partial charge < -0.3 is 20.1 Å². The maximum Gasteiger partial charge on any atom is 0.474 e. The SMILES string of the molecule is COP(=O)(OC)OC[C@@H](O)C[C@H](COC(=O)Nc1cc2ccccc2cn1)N(C)C(=O)NCc1cccc(F)c1F. The van der Waals surface area contributed by atoms with Crippen LogP contribution < -0.4 is 10.6 Å². The van der Waals surface area contributed by atoms with Gasteiger partial charge in [-0.05, 0) is 23.9 Å². The zero-order valence-corrected chi connectivity index (χ0v) is 23.5. The fourth-order valence-corrected chi connectivity index (χ4v) is 4.40. The van der Waals surface area contributed by atoms with E-state index in [1.54, 1.807) is 12.3 Å². The zero-order valence-electron chi connectivity index (χ0n) is 22.6. The second-order valence-electron chi connectivity index (χ2n) is 8.77. The van der Waals surface area contributed by atoms with E-state index in [4.69, 9.17) is 9.26 Å². The number of pyridine rings is 1. The van der Waals surface area contributed by atoms with Gasteiger partial charge in [0.1, 0.15) is 12.4 Å². The molecule has 0 aliphatic carbocycles. The van der Waals surface area contributed by atoms with E-state index in [9.17, 15) is 28.0 Å². The van der Waals surface area contributed by atoms with Crippen LogP contribution in [0.1, 0.15) is 12.0 Å². The number of aliphatic hydroxyl groups is 1. The van der Waals surface area contributed by atoms with Crippen molar-refractivity contribution < 1.29 is 46.3 Å². The molecule has 0 unspecified atom stereocenters. The normalized spacial score (nSPS) is 12.9. The number of urea groups is 1. The first-order valence-corrected chi connectivity index (χ1v) is 13.8. The number of hydrogen-bond acceptors (Lipinski definition) is 9. The highest BCUT2D eigenvalue weighted by Crippen LogP contribution is 2.47. The van der Waals surface area contributed by atoms with Gasteiger partial charge in [0.2, 0.25) is 0 Å². The molecule has 3 rings (SSSR count). The number of rotatable bonds is 13. The van der Waals surface area contributed by atoms with E-state index in [1.165, 1.54) is 19.2 Å². The van der Waals surface area contributed by atoms with Crippen LogP contribution >= 0.6 is 7.82 Å². The molecule has 0 bridgehead atoms. The summed E-state index contributed by atoms with van der Waals surface area (Å²) < 4.78 is 59.3. The van der Waals surface area contributed by atoms with Crippen molar-refractivity contribution in [3.63, 3.8) is 0 Å². The number of aromatic nitrogens is 1. The summed E-state index contributed by atoms with van der Waals surface area (Å²) in [6.07, 6.45) is -0.791. The second-order valence-corrected chi connectivity index (χ2v) is 10.7. The van der Waals surface area contributed by atoms with Gasteiger partial charge in [-0.1, -0.05) is 36.4 Å². The Hall–Kier alpha value is -3.68. The van der Waals surface area contributed by atoms with Crippen LogP contribution in [0.3, 0.4) is 0 Å². The maximum absolute atomic E-state index is 14.0. The van der Waals surface area contributed by atoms with Crippen LogP contribution in [0.15, 0.2) is 54.7 Å². The number of fused-ring (bicyclic) bond motifs is 1. The lowest BCUT2D eigenvalue weighted by atomic mass is 10.1. The molecule has 12 nitrogen and oxygen atoms in total. The Bertz CT molecular complexity index is 1390. The number of halogens is 2. The first kappa shape index (κ1) is 31.8. The lowest BCUT2D eigenvalue weighted by Gasteiger charge is -2.30. The van der Waals surface area contributed by atoms with Gasteiger partial charge in [-0.25, -0.2) is 27.9 Å². The van der Waals surface area contributed by atoms with Crippen LogP contribution in [0, 0.1) is 11.6 Å². The largest absolute Gasteiger partial charge is 0.474 e. The van der Waals surface area contributed by atoms with E-state index < -0.39 is 50.3 Å². The molecule has 2 aromatic carbocycles. The molecule has 0 saturated carbocycles. The number of anilines is 1. The summed E-state index contributed by atoms with van der Waals surface area (Å²) in [6.45, 7) is -1.21. The van der Waals surface area contributed by atoms with Gasteiger partial charge in [0, 0.05) is 45.0 Å². The molecule has 1 heterocycles. The third kappa shape index (κ3) is 9.17.